The molecule has 1 fully saturated rings. The van der Waals surface area contributed by atoms with Crippen LogP contribution in [0.5, 0.6) is 0 Å². The zero-order chi connectivity index (χ0) is 20.5. The maximum absolute atomic E-state index is 12.9. The fourth-order valence-electron chi connectivity index (χ4n) is 3.18. The Labute approximate surface area is 163 Å². The highest BCUT2D eigenvalue weighted by Gasteiger charge is 2.26. The Hall–Kier alpha value is -2.20. The van der Waals surface area contributed by atoms with Gasteiger partial charge in [0.05, 0.1) is 4.90 Å². The summed E-state index contributed by atoms with van der Waals surface area (Å²) in [5, 5.41) is 4.09. The van der Waals surface area contributed by atoms with E-state index in [4.69, 9.17) is 4.74 Å². The molecule has 0 spiro atoms. The third-order valence-electron chi connectivity index (χ3n) is 4.45. The monoisotopic (exact) mass is 410 g/mol. The Morgan fingerprint density at radius 3 is 2.39 bits per heavy atom. The van der Waals surface area contributed by atoms with Gasteiger partial charge >= 0.3 is 11.7 Å². The van der Waals surface area contributed by atoms with Crippen molar-refractivity contribution in [2.24, 2.45) is 0 Å². The Kier molecular flexibility index (Phi) is 5.62. The molecule has 0 unspecified atom stereocenters. The highest BCUT2D eigenvalue weighted by molar-refractivity contribution is 7.89. The largest absolute Gasteiger partial charge is 0.459 e. The number of hydrogen-bond acceptors (Lipinski definition) is 6. The first kappa shape index (κ1) is 20.5. The molecule has 0 atom stereocenters. The van der Waals surface area contributed by atoms with E-state index in [1.807, 2.05) is 0 Å². The van der Waals surface area contributed by atoms with Crippen LogP contribution >= 0.6 is 0 Å². The van der Waals surface area contributed by atoms with Crippen molar-refractivity contribution in [2.45, 2.75) is 63.5 Å². The van der Waals surface area contributed by atoms with E-state index in [1.54, 1.807) is 20.8 Å². The summed E-state index contributed by atoms with van der Waals surface area (Å²) in [6, 6.07) is 2.91. The first-order valence-electron chi connectivity index (χ1n) is 9.39. The maximum Gasteiger partial charge on any atom is 0.350 e. The van der Waals surface area contributed by atoms with Crippen LogP contribution in [0.25, 0.3) is 5.65 Å². The van der Waals surface area contributed by atoms with Gasteiger partial charge in [0.2, 0.25) is 10.0 Å². The SMILES string of the molecule is CC(C)(C)OC(=O)Cn1nc2ccc(S(=O)(=O)N3CCCCCC3)cn2c1=O. The zero-order valence-electron chi connectivity index (χ0n) is 16.4. The second-order valence-electron chi connectivity index (χ2n) is 7.94. The Bertz CT molecular complexity index is 1020. The summed E-state index contributed by atoms with van der Waals surface area (Å²) in [6.07, 6.45) is 4.96. The number of hydrogen-bond donors (Lipinski definition) is 0. The normalized spacial score (nSPS) is 16.8. The smallest absolute Gasteiger partial charge is 0.350 e. The molecule has 3 heterocycles. The molecule has 0 amide bonds. The van der Waals surface area contributed by atoms with Gasteiger partial charge in [-0.1, -0.05) is 12.8 Å². The number of pyridine rings is 1. The van der Waals surface area contributed by atoms with Crippen molar-refractivity contribution in [1.29, 1.82) is 0 Å². The first-order valence-corrected chi connectivity index (χ1v) is 10.8. The highest BCUT2D eigenvalue weighted by Crippen LogP contribution is 2.20. The van der Waals surface area contributed by atoms with Crippen molar-refractivity contribution < 1.29 is 17.9 Å². The predicted octanol–water partition coefficient (Wildman–Crippen LogP) is 1.40. The van der Waals surface area contributed by atoms with E-state index in [-0.39, 0.29) is 17.1 Å². The van der Waals surface area contributed by atoms with Crippen LogP contribution in [0.4, 0.5) is 0 Å². The number of esters is 1. The lowest BCUT2D eigenvalue weighted by molar-refractivity contribution is -0.155. The molecule has 10 heteroatoms. The van der Waals surface area contributed by atoms with Crippen LogP contribution in [0.3, 0.4) is 0 Å². The number of aromatic nitrogens is 3. The fraction of sp³-hybridized carbons (Fsp3) is 0.611. The second kappa shape index (κ2) is 7.67. The molecule has 1 aliphatic rings. The molecule has 28 heavy (non-hydrogen) atoms. The number of ether oxygens (including phenoxy) is 1. The molecule has 0 aliphatic carbocycles. The van der Waals surface area contributed by atoms with Gasteiger partial charge in [0.25, 0.3) is 0 Å². The Morgan fingerprint density at radius 1 is 1.14 bits per heavy atom. The number of rotatable bonds is 4. The minimum absolute atomic E-state index is 0.0424. The molecule has 9 nitrogen and oxygen atoms in total. The first-order chi connectivity index (χ1) is 13.1. The minimum atomic E-state index is -3.69. The van der Waals surface area contributed by atoms with E-state index in [2.05, 4.69) is 5.10 Å². The average molecular weight is 410 g/mol. The topological polar surface area (TPSA) is 103 Å². The molecule has 1 saturated heterocycles. The van der Waals surface area contributed by atoms with E-state index in [1.165, 1.54) is 22.6 Å². The van der Waals surface area contributed by atoms with Crippen molar-refractivity contribution in [3.63, 3.8) is 0 Å². The number of fused-ring (bicyclic) bond motifs is 1. The van der Waals surface area contributed by atoms with Gasteiger partial charge in [-0.05, 0) is 45.7 Å². The van der Waals surface area contributed by atoms with Crippen LogP contribution in [0.15, 0.2) is 28.0 Å². The minimum Gasteiger partial charge on any atom is -0.459 e. The molecule has 0 bridgehead atoms. The summed E-state index contributed by atoms with van der Waals surface area (Å²) < 4.78 is 34.7. The highest BCUT2D eigenvalue weighted by atomic mass is 32.2. The van der Waals surface area contributed by atoms with Crippen molar-refractivity contribution >= 4 is 21.6 Å². The molecule has 3 rings (SSSR count). The standard InChI is InChI=1S/C18H26N4O5S/c1-18(2,3)27-16(23)13-22-17(24)21-12-14(8-9-15(21)19-22)28(25,26)20-10-6-4-5-7-11-20/h8-9,12H,4-7,10-11,13H2,1-3H3. The molecule has 0 radical (unpaired) electrons. The number of carbonyl (C=O) groups excluding carboxylic acids is 1. The zero-order valence-corrected chi connectivity index (χ0v) is 17.2. The lowest BCUT2D eigenvalue weighted by Gasteiger charge is -2.19. The quantitative estimate of drug-likeness (QED) is 0.706. The van der Waals surface area contributed by atoms with Gasteiger partial charge in [-0.3, -0.25) is 4.79 Å². The van der Waals surface area contributed by atoms with E-state index < -0.39 is 27.3 Å². The summed E-state index contributed by atoms with van der Waals surface area (Å²) in [6.45, 7) is 5.82. The number of nitrogens with zero attached hydrogens (tertiary/aromatic N) is 4. The van der Waals surface area contributed by atoms with Crippen LogP contribution < -0.4 is 5.69 Å². The molecule has 0 N–H and O–H groups in total. The summed E-state index contributed by atoms with van der Waals surface area (Å²) in [7, 11) is -3.69. The summed E-state index contributed by atoms with van der Waals surface area (Å²) in [5.74, 6) is -0.588. The fourth-order valence-corrected chi connectivity index (χ4v) is 4.70. The van der Waals surface area contributed by atoms with Gasteiger partial charge in [0, 0.05) is 19.3 Å². The lowest BCUT2D eigenvalue weighted by Crippen LogP contribution is -2.32. The molecule has 0 aromatic carbocycles. The van der Waals surface area contributed by atoms with E-state index in [9.17, 15) is 18.0 Å². The summed E-state index contributed by atoms with van der Waals surface area (Å²) in [5.41, 5.74) is -0.994. The number of carbonyl (C=O) groups is 1. The van der Waals surface area contributed by atoms with Crippen molar-refractivity contribution in [3.05, 3.63) is 28.8 Å². The van der Waals surface area contributed by atoms with Gasteiger partial charge in [0.15, 0.2) is 5.65 Å². The van der Waals surface area contributed by atoms with Crippen LogP contribution in [-0.4, -0.2) is 51.6 Å². The lowest BCUT2D eigenvalue weighted by atomic mass is 10.2. The van der Waals surface area contributed by atoms with Gasteiger partial charge in [-0.25, -0.2) is 22.3 Å². The van der Waals surface area contributed by atoms with Crippen molar-refractivity contribution in [1.82, 2.24) is 18.5 Å². The third-order valence-corrected chi connectivity index (χ3v) is 6.33. The number of sulfonamides is 1. The Morgan fingerprint density at radius 2 is 1.79 bits per heavy atom. The average Bonchev–Trinajstić information content (AvgIpc) is 2.79. The van der Waals surface area contributed by atoms with E-state index in [0.717, 1.165) is 34.8 Å². The molecule has 1 aliphatic heterocycles. The molecule has 2 aromatic heterocycles. The molecule has 154 valence electrons. The van der Waals surface area contributed by atoms with Gasteiger partial charge in [-0.2, -0.15) is 4.31 Å². The molecular formula is C18H26N4O5S. The van der Waals surface area contributed by atoms with Crippen LogP contribution in [0.1, 0.15) is 46.5 Å². The van der Waals surface area contributed by atoms with Crippen LogP contribution in [0.2, 0.25) is 0 Å². The van der Waals surface area contributed by atoms with Crippen LogP contribution in [0, 0.1) is 0 Å². The molecule has 2 aromatic rings. The van der Waals surface area contributed by atoms with Gasteiger partial charge < -0.3 is 4.74 Å². The summed E-state index contributed by atoms with van der Waals surface area (Å²) >= 11 is 0. The van der Waals surface area contributed by atoms with Gasteiger partial charge in [0.1, 0.15) is 12.1 Å². The predicted molar refractivity (Wildman–Crippen MR) is 103 cm³/mol. The van der Waals surface area contributed by atoms with Crippen molar-refractivity contribution in [2.75, 3.05) is 13.1 Å². The van der Waals surface area contributed by atoms with E-state index >= 15 is 0 Å². The van der Waals surface area contributed by atoms with Gasteiger partial charge in [-0.15, -0.1) is 5.10 Å². The van der Waals surface area contributed by atoms with Crippen LogP contribution in [-0.2, 0) is 26.1 Å². The summed E-state index contributed by atoms with van der Waals surface area (Å²) in [4.78, 5) is 24.6. The molecular weight excluding hydrogens is 384 g/mol. The molecule has 0 saturated carbocycles. The maximum atomic E-state index is 12.9. The third kappa shape index (κ3) is 4.44. The van der Waals surface area contributed by atoms with Crippen molar-refractivity contribution in [3.8, 4) is 0 Å². The van der Waals surface area contributed by atoms with E-state index in [0.29, 0.717) is 13.1 Å². The second-order valence-corrected chi connectivity index (χ2v) is 9.88. The Balaban J connectivity index is 1.90.